The number of nitrogens with zero attached hydrogens (tertiary/aromatic N) is 1. The van der Waals surface area contributed by atoms with Gasteiger partial charge >= 0.3 is 0 Å². The van der Waals surface area contributed by atoms with Crippen LogP contribution >= 0.6 is 0 Å². The molecular formula is C13H17F3N2. The number of anilines is 1. The maximum Gasteiger partial charge on any atom is 0.194 e. The number of hydrogen-bond acceptors (Lipinski definition) is 2. The van der Waals surface area contributed by atoms with Crippen LogP contribution in [0.5, 0.6) is 0 Å². The molecule has 0 bridgehead atoms. The van der Waals surface area contributed by atoms with Gasteiger partial charge in [-0.25, -0.2) is 13.2 Å². The van der Waals surface area contributed by atoms with E-state index in [0.717, 1.165) is 38.2 Å². The summed E-state index contributed by atoms with van der Waals surface area (Å²) < 4.78 is 38.6. The molecular weight excluding hydrogens is 241 g/mol. The molecule has 1 heterocycles. The van der Waals surface area contributed by atoms with Gasteiger partial charge in [0.1, 0.15) is 0 Å². The third-order valence-corrected chi connectivity index (χ3v) is 3.16. The molecule has 1 N–H and O–H groups in total. The maximum atomic E-state index is 12.9. The molecule has 2 rings (SSSR count). The topological polar surface area (TPSA) is 15.3 Å². The lowest BCUT2D eigenvalue weighted by Crippen LogP contribution is -2.22. The third kappa shape index (κ3) is 3.38. The van der Waals surface area contributed by atoms with Gasteiger partial charge < -0.3 is 10.2 Å². The van der Waals surface area contributed by atoms with Crippen molar-refractivity contribution in [3.63, 3.8) is 0 Å². The number of likely N-dealkylation sites (tertiary alicyclic amines) is 1. The van der Waals surface area contributed by atoms with Crippen molar-refractivity contribution in [1.82, 2.24) is 4.90 Å². The Bertz CT molecular complexity index is 380. The van der Waals surface area contributed by atoms with Gasteiger partial charge in [-0.3, -0.25) is 0 Å². The zero-order chi connectivity index (χ0) is 13.0. The molecule has 0 unspecified atom stereocenters. The number of rotatable bonds is 5. The number of hydrogen-bond donors (Lipinski definition) is 1. The van der Waals surface area contributed by atoms with Gasteiger partial charge in [-0.2, -0.15) is 0 Å². The van der Waals surface area contributed by atoms with Gasteiger partial charge in [0.05, 0.1) is 0 Å². The highest BCUT2D eigenvalue weighted by molar-refractivity contribution is 5.43. The van der Waals surface area contributed by atoms with E-state index in [9.17, 15) is 13.2 Å². The average Bonchev–Trinajstić information content (AvgIpc) is 2.84. The summed E-state index contributed by atoms with van der Waals surface area (Å²) in [5.74, 6) is -3.73. The fourth-order valence-corrected chi connectivity index (χ4v) is 2.20. The molecule has 100 valence electrons. The highest BCUT2D eigenvalue weighted by atomic mass is 19.2. The van der Waals surface area contributed by atoms with Crippen LogP contribution in [0.15, 0.2) is 12.1 Å². The predicted octanol–water partition coefficient (Wildman–Crippen LogP) is 3.00. The quantitative estimate of drug-likeness (QED) is 0.645. The summed E-state index contributed by atoms with van der Waals surface area (Å²) in [5, 5.41) is 2.90. The molecule has 1 fully saturated rings. The smallest absolute Gasteiger partial charge is 0.194 e. The van der Waals surface area contributed by atoms with Crippen LogP contribution in [0, 0.1) is 17.5 Å². The predicted molar refractivity (Wildman–Crippen MR) is 65.1 cm³/mol. The zero-order valence-electron chi connectivity index (χ0n) is 10.2. The van der Waals surface area contributed by atoms with Crippen LogP contribution in [0.25, 0.3) is 0 Å². The van der Waals surface area contributed by atoms with Crippen LogP contribution in [0.4, 0.5) is 18.9 Å². The van der Waals surface area contributed by atoms with Crippen LogP contribution < -0.4 is 5.32 Å². The third-order valence-electron chi connectivity index (χ3n) is 3.16. The van der Waals surface area contributed by atoms with Crippen LogP contribution in [-0.2, 0) is 0 Å². The summed E-state index contributed by atoms with van der Waals surface area (Å²) in [6.07, 6.45) is 3.41. The monoisotopic (exact) mass is 258 g/mol. The second-order valence-corrected chi connectivity index (χ2v) is 4.58. The Hall–Kier alpha value is -1.23. The van der Waals surface area contributed by atoms with E-state index >= 15 is 0 Å². The van der Waals surface area contributed by atoms with E-state index in [1.54, 1.807) is 0 Å². The molecule has 0 spiro atoms. The first-order chi connectivity index (χ1) is 8.66. The van der Waals surface area contributed by atoms with Gasteiger partial charge in [-0.05, 0) is 38.9 Å². The van der Waals surface area contributed by atoms with E-state index in [-0.39, 0.29) is 5.69 Å². The molecule has 0 aromatic heterocycles. The molecule has 1 saturated heterocycles. The van der Waals surface area contributed by atoms with E-state index in [1.807, 2.05) is 0 Å². The Kier molecular flexibility index (Phi) is 4.47. The van der Waals surface area contributed by atoms with Gasteiger partial charge in [0.25, 0.3) is 0 Å². The molecule has 1 aliphatic rings. The molecule has 0 saturated carbocycles. The van der Waals surface area contributed by atoms with Gasteiger partial charge in [-0.15, -0.1) is 0 Å². The molecule has 18 heavy (non-hydrogen) atoms. The summed E-state index contributed by atoms with van der Waals surface area (Å²) in [6, 6.07) is 1.96. The molecule has 0 atom stereocenters. The molecule has 1 aromatic rings. The van der Waals surface area contributed by atoms with Crippen molar-refractivity contribution < 1.29 is 13.2 Å². The van der Waals surface area contributed by atoms with Gasteiger partial charge in [0.2, 0.25) is 0 Å². The number of benzene rings is 1. The lowest BCUT2D eigenvalue weighted by Gasteiger charge is -2.14. The largest absolute Gasteiger partial charge is 0.385 e. The van der Waals surface area contributed by atoms with Crippen molar-refractivity contribution >= 4 is 5.69 Å². The van der Waals surface area contributed by atoms with Crippen molar-refractivity contribution in [1.29, 1.82) is 0 Å². The number of halogens is 3. The Morgan fingerprint density at radius 2 is 1.67 bits per heavy atom. The number of nitrogens with one attached hydrogen (secondary N) is 1. The summed E-state index contributed by atoms with van der Waals surface area (Å²) in [6.45, 7) is 3.89. The van der Waals surface area contributed by atoms with Gasteiger partial charge in [-0.1, -0.05) is 0 Å². The first kappa shape index (κ1) is 13.2. The maximum absolute atomic E-state index is 12.9. The molecule has 0 amide bonds. The van der Waals surface area contributed by atoms with Crippen LogP contribution in [0.2, 0.25) is 0 Å². The molecule has 5 heteroatoms. The zero-order valence-corrected chi connectivity index (χ0v) is 10.2. The minimum Gasteiger partial charge on any atom is -0.385 e. The van der Waals surface area contributed by atoms with Crippen molar-refractivity contribution in [2.45, 2.75) is 19.3 Å². The Morgan fingerprint density at radius 1 is 1.06 bits per heavy atom. The van der Waals surface area contributed by atoms with Crippen LogP contribution in [0.3, 0.4) is 0 Å². The molecule has 1 aromatic carbocycles. The van der Waals surface area contributed by atoms with E-state index in [2.05, 4.69) is 10.2 Å². The summed E-state index contributed by atoms with van der Waals surface area (Å²) in [7, 11) is 0. The summed E-state index contributed by atoms with van der Waals surface area (Å²) in [4.78, 5) is 2.37. The standard InChI is InChI=1S/C13H17F3N2/c14-11-8-10(9-12(15)13(11)16)17-4-3-7-18-5-1-2-6-18/h8-9,17H,1-7H2. The van der Waals surface area contributed by atoms with Crippen LogP contribution in [0.1, 0.15) is 19.3 Å². The fraction of sp³-hybridized carbons (Fsp3) is 0.538. The normalized spacial score (nSPS) is 16.2. The summed E-state index contributed by atoms with van der Waals surface area (Å²) in [5.41, 5.74) is 0.285. The van der Waals surface area contributed by atoms with Crippen molar-refractivity contribution in [2.75, 3.05) is 31.5 Å². The Labute approximate surface area is 105 Å². The second kappa shape index (κ2) is 6.09. The van der Waals surface area contributed by atoms with Crippen molar-refractivity contribution in [3.8, 4) is 0 Å². The molecule has 2 nitrogen and oxygen atoms in total. The average molecular weight is 258 g/mol. The SMILES string of the molecule is Fc1cc(NCCCN2CCCC2)cc(F)c1F. The van der Waals surface area contributed by atoms with E-state index in [1.165, 1.54) is 12.8 Å². The molecule has 0 aliphatic carbocycles. The van der Waals surface area contributed by atoms with Gasteiger partial charge in [0, 0.05) is 24.4 Å². The fourth-order valence-electron chi connectivity index (χ4n) is 2.20. The first-order valence-electron chi connectivity index (χ1n) is 6.27. The van der Waals surface area contributed by atoms with Crippen molar-refractivity contribution in [3.05, 3.63) is 29.6 Å². The minimum atomic E-state index is -1.42. The Balaban J connectivity index is 1.76. The lowest BCUT2D eigenvalue weighted by molar-refractivity contribution is 0.337. The van der Waals surface area contributed by atoms with E-state index in [4.69, 9.17) is 0 Å². The van der Waals surface area contributed by atoms with E-state index < -0.39 is 17.5 Å². The highest BCUT2D eigenvalue weighted by Gasteiger charge is 2.11. The molecule has 0 radical (unpaired) electrons. The highest BCUT2D eigenvalue weighted by Crippen LogP contribution is 2.17. The Morgan fingerprint density at radius 3 is 2.28 bits per heavy atom. The minimum absolute atomic E-state index is 0.285. The van der Waals surface area contributed by atoms with E-state index in [0.29, 0.717) is 6.54 Å². The van der Waals surface area contributed by atoms with Crippen molar-refractivity contribution in [2.24, 2.45) is 0 Å². The second-order valence-electron chi connectivity index (χ2n) is 4.58. The molecule has 1 aliphatic heterocycles. The first-order valence-corrected chi connectivity index (χ1v) is 6.27. The van der Waals surface area contributed by atoms with Crippen LogP contribution in [-0.4, -0.2) is 31.1 Å². The van der Waals surface area contributed by atoms with Gasteiger partial charge in [0.15, 0.2) is 17.5 Å². The summed E-state index contributed by atoms with van der Waals surface area (Å²) >= 11 is 0. The lowest BCUT2D eigenvalue weighted by atomic mass is 10.2.